The molecule has 0 saturated carbocycles. The first-order chi connectivity index (χ1) is 12.2. The van der Waals surface area contributed by atoms with E-state index in [0.717, 1.165) is 29.5 Å². The van der Waals surface area contributed by atoms with Gasteiger partial charge in [0.05, 0.1) is 12.6 Å². The number of hydrogen-bond donors (Lipinski definition) is 2. The number of thiazole rings is 1. The highest BCUT2D eigenvalue weighted by Crippen LogP contribution is 2.19. The third-order valence-electron chi connectivity index (χ3n) is 3.63. The van der Waals surface area contributed by atoms with E-state index in [0.29, 0.717) is 18.1 Å². The second-order valence-corrected chi connectivity index (χ2v) is 7.07. The summed E-state index contributed by atoms with van der Waals surface area (Å²) in [6, 6.07) is 7.71. The van der Waals surface area contributed by atoms with Gasteiger partial charge in [0.2, 0.25) is 0 Å². The highest BCUT2D eigenvalue weighted by atomic mass is 127. The van der Waals surface area contributed by atoms with Crippen LogP contribution >= 0.6 is 46.9 Å². The van der Waals surface area contributed by atoms with Crippen LogP contribution in [0.4, 0.5) is 0 Å². The van der Waals surface area contributed by atoms with Crippen LogP contribution in [0.3, 0.4) is 0 Å². The van der Waals surface area contributed by atoms with Gasteiger partial charge in [-0.3, -0.25) is 0 Å². The monoisotopic (exact) mass is 508 g/mol. The Bertz CT molecular complexity index is 695. The number of aryl methyl sites for hydroxylation is 1. The molecule has 26 heavy (non-hydrogen) atoms. The molecule has 144 valence electrons. The van der Waals surface area contributed by atoms with Gasteiger partial charge in [0.1, 0.15) is 5.01 Å². The van der Waals surface area contributed by atoms with E-state index in [9.17, 15) is 0 Å². The Morgan fingerprint density at radius 1 is 1.35 bits per heavy atom. The Labute approximate surface area is 181 Å². The van der Waals surface area contributed by atoms with Crippen molar-refractivity contribution in [3.8, 4) is 0 Å². The van der Waals surface area contributed by atoms with Gasteiger partial charge in [-0.25, -0.2) is 9.98 Å². The molecule has 0 bridgehead atoms. The Morgan fingerprint density at radius 2 is 2.15 bits per heavy atom. The van der Waals surface area contributed by atoms with Gasteiger partial charge in [0.15, 0.2) is 5.96 Å². The molecule has 1 unspecified atom stereocenters. The first-order valence-electron chi connectivity index (χ1n) is 8.40. The minimum absolute atomic E-state index is 0. The Kier molecular flexibility index (Phi) is 11.1. The van der Waals surface area contributed by atoms with E-state index in [-0.39, 0.29) is 30.1 Å². The van der Waals surface area contributed by atoms with Crippen LogP contribution in [0.25, 0.3) is 0 Å². The number of methoxy groups -OCH3 is 1. The first kappa shape index (κ1) is 23.1. The number of aromatic nitrogens is 1. The van der Waals surface area contributed by atoms with Crippen molar-refractivity contribution in [2.75, 3.05) is 20.2 Å². The Balaban J connectivity index is 0.00000338. The lowest BCUT2D eigenvalue weighted by Crippen LogP contribution is -2.39. The lowest BCUT2D eigenvalue weighted by Gasteiger charge is -2.18. The minimum atomic E-state index is -0.103. The summed E-state index contributed by atoms with van der Waals surface area (Å²) in [6.07, 6.45) is 2.83. The molecule has 2 aromatic rings. The molecule has 1 atom stereocenters. The second-order valence-electron chi connectivity index (χ2n) is 5.43. The lowest BCUT2D eigenvalue weighted by molar-refractivity contribution is 0.106. The molecule has 0 amide bonds. The molecule has 5 nitrogen and oxygen atoms in total. The zero-order valence-electron chi connectivity index (χ0n) is 15.3. The molecule has 2 rings (SSSR count). The van der Waals surface area contributed by atoms with E-state index in [4.69, 9.17) is 16.3 Å². The molecule has 0 aliphatic heterocycles. The molecule has 2 N–H and O–H groups in total. The van der Waals surface area contributed by atoms with E-state index in [1.165, 1.54) is 4.88 Å². The fraction of sp³-hybridized carbons (Fsp3) is 0.444. The van der Waals surface area contributed by atoms with Crippen LogP contribution in [-0.4, -0.2) is 31.1 Å². The van der Waals surface area contributed by atoms with Gasteiger partial charge in [-0.15, -0.1) is 35.3 Å². The molecule has 0 spiro atoms. The quantitative estimate of drug-likeness (QED) is 0.315. The summed E-state index contributed by atoms with van der Waals surface area (Å²) in [7, 11) is 1.69. The fourth-order valence-electron chi connectivity index (χ4n) is 2.31. The standard InChI is InChI=1S/C18H25ClN4OS.HI/c1-4-15-10-21-17(25-15)12-23-18(20-5-2)22-11-16(24-3)13-7-6-8-14(19)9-13;/h6-10,16H,4-5,11-12H2,1-3H3,(H2,20,22,23);1H. The molecule has 0 aliphatic rings. The number of aliphatic imine (C=N–C) groups is 1. The zero-order chi connectivity index (χ0) is 18.1. The van der Waals surface area contributed by atoms with Crippen LogP contribution < -0.4 is 10.6 Å². The van der Waals surface area contributed by atoms with E-state index in [1.807, 2.05) is 37.4 Å². The molecule has 1 heterocycles. The summed E-state index contributed by atoms with van der Waals surface area (Å²) >= 11 is 7.78. The number of hydrogen-bond acceptors (Lipinski definition) is 4. The average Bonchev–Trinajstić information content (AvgIpc) is 3.08. The van der Waals surface area contributed by atoms with Gasteiger partial charge in [0, 0.05) is 36.3 Å². The zero-order valence-corrected chi connectivity index (χ0v) is 19.2. The highest BCUT2D eigenvalue weighted by Gasteiger charge is 2.12. The molecule has 1 aromatic heterocycles. The van der Waals surface area contributed by atoms with Crippen LogP contribution in [0.15, 0.2) is 35.5 Å². The summed E-state index contributed by atoms with van der Waals surface area (Å²) < 4.78 is 5.59. The molecule has 8 heteroatoms. The normalized spacial score (nSPS) is 12.4. The fourth-order valence-corrected chi connectivity index (χ4v) is 3.29. The molecular weight excluding hydrogens is 483 g/mol. The van der Waals surface area contributed by atoms with Gasteiger partial charge >= 0.3 is 0 Å². The van der Waals surface area contributed by atoms with Crippen molar-refractivity contribution >= 4 is 52.9 Å². The van der Waals surface area contributed by atoms with Crippen LogP contribution in [0.5, 0.6) is 0 Å². The number of ether oxygens (including phenoxy) is 1. The van der Waals surface area contributed by atoms with E-state index < -0.39 is 0 Å². The molecule has 0 saturated heterocycles. The minimum Gasteiger partial charge on any atom is -0.375 e. The second kappa shape index (κ2) is 12.5. The maximum Gasteiger partial charge on any atom is 0.191 e. The number of rotatable bonds is 8. The van der Waals surface area contributed by atoms with Crippen molar-refractivity contribution in [2.24, 2.45) is 4.99 Å². The van der Waals surface area contributed by atoms with Gasteiger partial charge in [-0.2, -0.15) is 0 Å². The summed E-state index contributed by atoms with van der Waals surface area (Å²) in [6.45, 7) is 6.13. The average molecular weight is 509 g/mol. The van der Waals surface area contributed by atoms with Crippen LogP contribution in [0, 0.1) is 0 Å². The van der Waals surface area contributed by atoms with Gasteiger partial charge in [-0.05, 0) is 31.0 Å². The smallest absolute Gasteiger partial charge is 0.191 e. The van der Waals surface area contributed by atoms with E-state index in [2.05, 4.69) is 27.5 Å². The third kappa shape index (κ3) is 7.38. The summed E-state index contributed by atoms with van der Waals surface area (Å²) in [5.74, 6) is 0.750. The van der Waals surface area contributed by atoms with E-state index in [1.54, 1.807) is 18.4 Å². The van der Waals surface area contributed by atoms with Crippen LogP contribution in [0.2, 0.25) is 5.02 Å². The number of benzene rings is 1. The summed E-state index contributed by atoms with van der Waals surface area (Å²) in [5, 5.41) is 8.30. The molecule has 0 radical (unpaired) electrons. The highest BCUT2D eigenvalue weighted by molar-refractivity contribution is 14.0. The molecule has 1 aromatic carbocycles. The molecule has 0 fully saturated rings. The first-order valence-corrected chi connectivity index (χ1v) is 9.59. The summed E-state index contributed by atoms with van der Waals surface area (Å²) in [5.41, 5.74) is 1.03. The van der Waals surface area contributed by atoms with Crippen molar-refractivity contribution in [1.82, 2.24) is 15.6 Å². The number of halogens is 2. The van der Waals surface area contributed by atoms with Crippen molar-refractivity contribution in [1.29, 1.82) is 0 Å². The van der Waals surface area contributed by atoms with Crippen molar-refractivity contribution in [3.05, 3.63) is 50.9 Å². The van der Waals surface area contributed by atoms with Crippen molar-refractivity contribution in [3.63, 3.8) is 0 Å². The third-order valence-corrected chi connectivity index (χ3v) is 4.99. The molecular formula is C18H26ClIN4OS. The van der Waals surface area contributed by atoms with Gasteiger partial charge in [-0.1, -0.05) is 30.7 Å². The number of guanidine groups is 1. The number of nitrogens with one attached hydrogen (secondary N) is 2. The molecule has 0 aliphatic carbocycles. The number of nitrogens with zero attached hydrogens (tertiary/aromatic N) is 2. The SMILES string of the molecule is CCNC(=NCc1ncc(CC)s1)NCC(OC)c1cccc(Cl)c1.I. The van der Waals surface area contributed by atoms with Gasteiger partial charge < -0.3 is 15.4 Å². The largest absolute Gasteiger partial charge is 0.375 e. The Hall–Kier alpha value is -0.900. The van der Waals surface area contributed by atoms with Gasteiger partial charge in [0.25, 0.3) is 0 Å². The van der Waals surface area contributed by atoms with Crippen LogP contribution in [0.1, 0.15) is 35.4 Å². The van der Waals surface area contributed by atoms with Crippen molar-refractivity contribution in [2.45, 2.75) is 32.9 Å². The summed E-state index contributed by atoms with van der Waals surface area (Å²) in [4.78, 5) is 10.3. The maximum atomic E-state index is 6.07. The predicted octanol–water partition coefficient (Wildman–Crippen LogP) is 4.42. The maximum absolute atomic E-state index is 6.07. The van der Waals surface area contributed by atoms with Crippen molar-refractivity contribution < 1.29 is 4.74 Å². The Morgan fingerprint density at radius 3 is 2.77 bits per heavy atom. The topological polar surface area (TPSA) is 58.5 Å². The predicted molar refractivity (Wildman–Crippen MR) is 121 cm³/mol. The lowest BCUT2D eigenvalue weighted by atomic mass is 10.1. The van der Waals surface area contributed by atoms with E-state index >= 15 is 0 Å². The van der Waals surface area contributed by atoms with Crippen LogP contribution in [-0.2, 0) is 17.7 Å².